The summed E-state index contributed by atoms with van der Waals surface area (Å²) in [6.07, 6.45) is 2.99. The van der Waals surface area contributed by atoms with Crippen molar-refractivity contribution >= 4 is 17.5 Å². The van der Waals surface area contributed by atoms with Crippen LogP contribution in [0.15, 0.2) is 48.5 Å². The highest BCUT2D eigenvalue weighted by Gasteiger charge is 2.24. The number of nitrogens with zero attached hydrogens (tertiary/aromatic N) is 1. The van der Waals surface area contributed by atoms with Crippen molar-refractivity contribution in [1.82, 2.24) is 5.32 Å². The Morgan fingerprint density at radius 3 is 2.45 bits per heavy atom. The lowest BCUT2D eigenvalue weighted by Crippen LogP contribution is -2.41. The van der Waals surface area contributed by atoms with Crippen molar-refractivity contribution in [3.8, 4) is 5.75 Å². The number of anilines is 1. The van der Waals surface area contributed by atoms with Crippen LogP contribution in [0.2, 0.25) is 0 Å². The first-order chi connectivity index (χ1) is 14.0. The molecule has 6 nitrogen and oxygen atoms in total. The number of aryl methyl sites for hydroxylation is 1. The first kappa shape index (κ1) is 20.7. The number of nitrogens with two attached hydrogens (primary N) is 1. The molecule has 1 heterocycles. The lowest BCUT2D eigenvalue weighted by molar-refractivity contribution is -0.122. The molecule has 1 aliphatic heterocycles. The SMILES string of the molecule is COc1ccc(CCC(=O)NCc2ccc(N3CCC[C@H](C(N)=O)C3)cc2)cc1. The molecule has 2 aromatic rings. The molecule has 3 N–H and O–H groups in total. The van der Waals surface area contributed by atoms with Gasteiger partial charge in [-0.1, -0.05) is 24.3 Å². The molecule has 154 valence electrons. The van der Waals surface area contributed by atoms with E-state index in [1.807, 2.05) is 48.5 Å². The Morgan fingerprint density at radius 2 is 1.79 bits per heavy atom. The molecule has 0 unspecified atom stereocenters. The molecule has 2 amide bonds. The molecule has 1 saturated heterocycles. The van der Waals surface area contributed by atoms with Gasteiger partial charge in [0.05, 0.1) is 13.0 Å². The molecule has 6 heteroatoms. The predicted molar refractivity (Wildman–Crippen MR) is 114 cm³/mol. The van der Waals surface area contributed by atoms with Crippen molar-refractivity contribution in [1.29, 1.82) is 0 Å². The maximum absolute atomic E-state index is 12.1. The first-order valence-electron chi connectivity index (χ1n) is 10.1. The molecule has 1 fully saturated rings. The van der Waals surface area contributed by atoms with E-state index >= 15 is 0 Å². The number of carbonyl (C=O) groups excluding carboxylic acids is 2. The van der Waals surface area contributed by atoms with Gasteiger partial charge >= 0.3 is 0 Å². The molecule has 0 spiro atoms. The van der Waals surface area contributed by atoms with Crippen LogP contribution in [0.25, 0.3) is 0 Å². The number of benzene rings is 2. The number of hydrogen-bond donors (Lipinski definition) is 2. The lowest BCUT2D eigenvalue weighted by Gasteiger charge is -2.33. The normalized spacial score (nSPS) is 16.3. The molecule has 0 aromatic heterocycles. The standard InChI is InChI=1S/C23H29N3O3/c1-29-21-11-6-17(7-12-21)8-13-22(27)25-15-18-4-9-20(10-5-18)26-14-2-3-19(16-26)23(24)28/h4-7,9-12,19H,2-3,8,13-16H2,1H3,(H2,24,28)(H,25,27)/t19-/m0/s1. The summed E-state index contributed by atoms with van der Waals surface area (Å²) in [5.74, 6) is 0.554. The number of piperidine rings is 1. The van der Waals surface area contributed by atoms with E-state index in [0.717, 1.165) is 42.0 Å². The number of hydrogen-bond acceptors (Lipinski definition) is 4. The minimum Gasteiger partial charge on any atom is -0.497 e. The number of nitrogens with one attached hydrogen (secondary N) is 1. The molecule has 0 aliphatic carbocycles. The Balaban J connectivity index is 1.44. The van der Waals surface area contributed by atoms with Gasteiger partial charge in [0.1, 0.15) is 5.75 Å². The Morgan fingerprint density at radius 1 is 1.10 bits per heavy atom. The van der Waals surface area contributed by atoms with Gasteiger partial charge < -0.3 is 20.7 Å². The Hall–Kier alpha value is -3.02. The van der Waals surface area contributed by atoms with E-state index < -0.39 is 0 Å². The predicted octanol–water partition coefficient (Wildman–Crippen LogP) is 2.65. The van der Waals surface area contributed by atoms with Crippen molar-refractivity contribution < 1.29 is 14.3 Å². The fourth-order valence-corrected chi connectivity index (χ4v) is 3.61. The topological polar surface area (TPSA) is 84.7 Å². The fourth-order valence-electron chi connectivity index (χ4n) is 3.61. The zero-order valence-corrected chi connectivity index (χ0v) is 16.9. The van der Waals surface area contributed by atoms with Crippen LogP contribution in [0.3, 0.4) is 0 Å². The summed E-state index contributed by atoms with van der Waals surface area (Å²) >= 11 is 0. The molecular weight excluding hydrogens is 366 g/mol. The molecule has 1 atom stereocenters. The molecule has 3 rings (SSSR count). The second kappa shape index (κ2) is 9.96. The Bertz CT molecular complexity index is 818. The summed E-state index contributed by atoms with van der Waals surface area (Å²) in [6.45, 7) is 2.12. The molecular formula is C23H29N3O3. The van der Waals surface area contributed by atoms with E-state index in [0.29, 0.717) is 25.9 Å². The van der Waals surface area contributed by atoms with Crippen LogP contribution in [0.4, 0.5) is 5.69 Å². The fraction of sp³-hybridized carbons (Fsp3) is 0.391. The number of rotatable bonds is 8. The largest absolute Gasteiger partial charge is 0.497 e. The second-order valence-electron chi connectivity index (χ2n) is 7.48. The van der Waals surface area contributed by atoms with E-state index in [4.69, 9.17) is 10.5 Å². The Labute approximate surface area is 172 Å². The van der Waals surface area contributed by atoms with Crippen molar-refractivity contribution in [2.24, 2.45) is 11.7 Å². The van der Waals surface area contributed by atoms with Crippen molar-refractivity contribution in [2.45, 2.75) is 32.2 Å². The van der Waals surface area contributed by atoms with Crippen LogP contribution >= 0.6 is 0 Å². The third-order valence-electron chi connectivity index (χ3n) is 5.41. The molecule has 2 aromatic carbocycles. The number of carbonyl (C=O) groups is 2. The van der Waals surface area contributed by atoms with Gasteiger partial charge in [0, 0.05) is 31.7 Å². The van der Waals surface area contributed by atoms with Gasteiger partial charge in [0.2, 0.25) is 11.8 Å². The summed E-state index contributed by atoms with van der Waals surface area (Å²) in [5, 5.41) is 2.97. The average molecular weight is 396 g/mol. The summed E-state index contributed by atoms with van der Waals surface area (Å²) in [5.41, 5.74) is 8.71. The highest BCUT2D eigenvalue weighted by atomic mass is 16.5. The average Bonchev–Trinajstić information content (AvgIpc) is 2.77. The summed E-state index contributed by atoms with van der Waals surface area (Å²) in [7, 11) is 1.64. The van der Waals surface area contributed by atoms with Crippen LogP contribution < -0.4 is 20.7 Å². The molecule has 1 aliphatic rings. The number of ether oxygens (including phenoxy) is 1. The zero-order valence-electron chi connectivity index (χ0n) is 16.9. The summed E-state index contributed by atoms with van der Waals surface area (Å²) < 4.78 is 5.14. The summed E-state index contributed by atoms with van der Waals surface area (Å²) in [6, 6.07) is 15.9. The van der Waals surface area contributed by atoms with Gasteiger partial charge in [0.25, 0.3) is 0 Å². The van der Waals surface area contributed by atoms with E-state index in [1.165, 1.54) is 0 Å². The van der Waals surface area contributed by atoms with Crippen molar-refractivity contribution in [3.63, 3.8) is 0 Å². The van der Waals surface area contributed by atoms with Crippen LogP contribution in [-0.2, 0) is 22.6 Å². The zero-order chi connectivity index (χ0) is 20.6. The van der Waals surface area contributed by atoms with Crippen LogP contribution in [0.1, 0.15) is 30.4 Å². The third kappa shape index (κ3) is 5.98. The molecule has 0 saturated carbocycles. The monoisotopic (exact) mass is 395 g/mol. The van der Waals surface area contributed by atoms with Gasteiger partial charge in [0.15, 0.2) is 0 Å². The number of amides is 2. The first-order valence-corrected chi connectivity index (χ1v) is 10.1. The number of methoxy groups -OCH3 is 1. The lowest BCUT2D eigenvalue weighted by atomic mass is 9.97. The maximum atomic E-state index is 12.1. The quantitative estimate of drug-likeness (QED) is 0.720. The van der Waals surface area contributed by atoms with Crippen LogP contribution in [-0.4, -0.2) is 32.0 Å². The van der Waals surface area contributed by atoms with Gasteiger partial charge in [-0.15, -0.1) is 0 Å². The minimum atomic E-state index is -0.219. The minimum absolute atomic E-state index is 0.0326. The van der Waals surface area contributed by atoms with Crippen molar-refractivity contribution in [2.75, 3.05) is 25.1 Å². The van der Waals surface area contributed by atoms with Gasteiger partial charge in [-0.3, -0.25) is 9.59 Å². The smallest absolute Gasteiger partial charge is 0.222 e. The van der Waals surface area contributed by atoms with E-state index in [1.54, 1.807) is 7.11 Å². The molecule has 0 radical (unpaired) electrons. The van der Waals surface area contributed by atoms with Crippen molar-refractivity contribution in [3.05, 3.63) is 59.7 Å². The summed E-state index contributed by atoms with van der Waals surface area (Å²) in [4.78, 5) is 25.8. The van der Waals surface area contributed by atoms with E-state index in [-0.39, 0.29) is 17.7 Å². The van der Waals surface area contributed by atoms with Crippen LogP contribution in [0.5, 0.6) is 5.75 Å². The van der Waals surface area contributed by atoms with E-state index in [9.17, 15) is 9.59 Å². The molecule has 29 heavy (non-hydrogen) atoms. The highest BCUT2D eigenvalue weighted by Crippen LogP contribution is 2.23. The van der Waals surface area contributed by atoms with E-state index in [2.05, 4.69) is 10.2 Å². The maximum Gasteiger partial charge on any atom is 0.222 e. The van der Waals surface area contributed by atoms with Crippen LogP contribution in [0, 0.1) is 5.92 Å². The number of primary amides is 1. The molecule has 0 bridgehead atoms. The second-order valence-corrected chi connectivity index (χ2v) is 7.48. The Kier molecular flexibility index (Phi) is 7.11. The third-order valence-corrected chi connectivity index (χ3v) is 5.41. The van der Waals surface area contributed by atoms with Gasteiger partial charge in [-0.25, -0.2) is 0 Å². The van der Waals surface area contributed by atoms with Gasteiger partial charge in [-0.2, -0.15) is 0 Å². The van der Waals surface area contributed by atoms with Gasteiger partial charge in [-0.05, 0) is 54.7 Å². The highest BCUT2D eigenvalue weighted by molar-refractivity contribution is 5.77.